The molecule has 8 atom stereocenters. The third kappa shape index (κ3) is 68.3. The predicted molar refractivity (Wildman–Crippen MR) is 395 cm³/mol. The van der Waals surface area contributed by atoms with Crippen molar-refractivity contribution in [3.05, 3.63) is 0 Å². The number of carbonyl (C=O) groups is 4. The highest BCUT2D eigenvalue weighted by Crippen LogP contribution is 2.45. The Morgan fingerprint density at radius 3 is 0.732 bits per heavy atom. The van der Waals surface area contributed by atoms with Crippen LogP contribution in [-0.2, 0) is 65.4 Å². The molecule has 0 aromatic heterocycles. The molecule has 0 aliphatic heterocycles. The summed E-state index contributed by atoms with van der Waals surface area (Å²) in [7, 11) is -9.92. The van der Waals surface area contributed by atoms with Gasteiger partial charge in [0.15, 0.2) is 12.2 Å². The van der Waals surface area contributed by atoms with E-state index < -0.39 is 97.5 Å². The van der Waals surface area contributed by atoms with Gasteiger partial charge in [0.1, 0.15) is 19.3 Å². The smallest absolute Gasteiger partial charge is 0.462 e. The lowest BCUT2D eigenvalue weighted by Gasteiger charge is -2.21. The SMILES string of the molecule is CCC(C)CCCCCCCCCCCCCCCCC(=O)OC[C@H](COP(=O)(O)OC[C@@H](O)COP(=O)(O)OC[C@@H](COC(=O)CCCCCCCCC(C)CC)OC(=O)CCCCCCCCCCCCCCC(C)C)OC(=O)CCCCCCCCCCCCC(C)CC. The second kappa shape index (κ2) is 67.2. The maximum absolute atomic E-state index is 13.1. The van der Waals surface area contributed by atoms with Crippen molar-refractivity contribution in [2.45, 2.75) is 414 Å². The zero-order valence-electron chi connectivity index (χ0n) is 63.7. The number of hydrogen-bond acceptors (Lipinski definition) is 15. The molecule has 19 heteroatoms. The van der Waals surface area contributed by atoms with Crippen molar-refractivity contribution in [2.24, 2.45) is 23.7 Å². The molecule has 0 amide bonds. The molecule has 0 aromatic rings. The number of hydrogen-bond donors (Lipinski definition) is 3. The highest BCUT2D eigenvalue weighted by Gasteiger charge is 2.30. The molecule has 576 valence electrons. The Hall–Kier alpha value is -1.94. The van der Waals surface area contributed by atoms with E-state index in [1.165, 1.54) is 193 Å². The summed E-state index contributed by atoms with van der Waals surface area (Å²) in [6, 6.07) is 0. The van der Waals surface area contributed by atoms with E-state index in [0.717, 1.165) is 120 Å². The van der Waals surface area contributed by atoms with Gasteiger partial charge in [-0.15, -0.1) is 0 Å². The molecule has 97 heavy (non-hydrogen) atoms. The normalized spacial score (nSPS) is 14.9. The van der Waals surface area contributed by atoms with Gasteiger partial charge in [-0.3, -0.25) is 37.3 Å². The van der Waals surface area contributed by atoms with E-state index in [1.54, 1.807) is 0 Å². The first-order valence-corrected chi connectivity index (χ1v) is 43.3. The van der Waals surface area contributed by atoms with E-state index in [1.807, 2.05) is 0 Å². The van der Waals surface area contributed by atoms with Gasteiger partial charge in [-0.25, -0.2) is 9.13 Å². The summed E-state index contributed by atoms with van der Waals surface area (Å²) in [5.41, 5.74) is 0. The molecule has 3 N–H and O–H groups in total. The molecule has 0 bridgehead atoms. The Morgan fingerprint density at radius 2 is 0.495 bits per heavy atom. The maximum Gasteiger partial charge on any atom is 0.472 e. The quantitative estimate of drug-likeness (QED) is 0.0222. The molecular formula is C78H152O17P2. The minimum absolute atomic E-state index is 0.106. The van der Waals surface area contributed by atoms with Crippen LogP contribution >= 0.6 is 15.6 Å². The summed E-state index contributed by atoms with van der Waals surface area (Å²) >= 11 is 0. The van der Waals surface area contributed by atoms with Crippen molar-refractivity contribution in [1.82, 2.24) is 0 Å². The summed E-state index contributed by atoms with van der Waals surface area (Å²) in [5, 5.41) is 10.6. The molecule has 0 heterocycles. The fourth-order valence-electron chi connectivity index (χ4n) is 11.8. The molecule has 17 nitrogen and oxygen atoms in total. The largest absolute Gasteiger partial charge is 0.472 e. The Balaban J connectivity index is 5.25. The molecule has 0 radical (unpaired) electrons. The summed E-state index contributed by atoms with van der Waals surface area (Å²) in [4.78, 5) is 72.9. The summed E-state index contributed by atoms with van der Waals surface area (Å²) in [6.45, 7) is 14.3. The maximum atomic E-state index is 13.1. The Bertz CT molecular complexity index is 1910. The second-order valence-electron chi connectivity index (χ2n) is 29.3. The van der Waals surface area contributed by atoms with Crippen molar-refractivity contribution in [3.8, 4) is 0 Å². The number of ether oxygens (including phenoxy) is 4. The first-order valence-electron chi connectivity index (χ1n) is 40.3. The van der Waals surface area contributed by atoms with E-state index in [-0.39, 0.29) is 25.7 Å². The van der Waals surface area contributed by atoms with Gasteiger partial charge >= 0.3 is 39.5 Å². The van der Waals surface area contributed by atoms with E-state index in [2.05, 4.69) is 55.4 Å². The van der Waals surface area contributed by atoms with Gasteiger partial charge in [0.25, 0.3) is 0 Å². The van der Waals surface area contributed by atoms with E-state index in [0.29, 0.717) is 25.7 Å². The molecule has 0 spiro atoms. The van der Waals surface area contributed by atoms with Crippen LogP contribution in [0.5, 0.6) is 0 Å². The van der Waals surface area contributed by atoms with Gasteiger partial charge in [-0.1, -0.05) is 344 Å². The molecular weight excluding hydrogens is 1270 g/mol. The summed E-state index contributed by atoms with van der Waals surface area (Å²) in [5.74, 6) is 1.04. The highest BCUT2D eigenvalue weighted by molar-refractivity contribution is 7.47. The van der Waals surface area contributed by atoms with Crippen LogP contribution in [0, 0.1) is 23.7 Å². The van der Waals surface area contributed by atoms with Gasteiger partial charge in [0.05, 0.1) is 26.4 Å². The number of esters is 4. The Morgan fingerprint density at radius 1 is 0.289 bits per heavy atom. The predicted octanol–water partition coefficient (Wildman–Crippen LogP) is 22.8. The molecule has 0 rings (SSSR count). The fraction of sp³-hybridized carbons (Fsp3) is 0.949. The minimum atomic E-state index is -4.96. The van der Waals surface area contributed by atoms with Crippen LogP contribution in [0.15, 0.2) is 0 Å². The first kappa shape index (κ1) is 95.1. The number of phosphoric acid groups is 2. The molecule has 0 aliphatic rings. The molecule has 0 aliphatic carbocycles. The third-order valence-electron chi connectivity index (χ3n) is 19.2. The number of rotatable bonds is 75. The fourth-order valence-corrected chi connectivity index (χ4v) is 13.4. The molecule has 0 fully saturated rings. The van der Waals surface area contributed by atoms with Crippen molar-refractivity contribution in [2.75, 3.05) is 39.6 Å². The number of phosphoric ester groups is 2. The standard InChI is InChI=1S/C78H152O17P2/c1-9-69(6)55-47-39-31-25-19-14-12-13-15-20-27-33-42-50-58-75(80)88-64-73(94-78(83)61-53-45-35-29-23-22-26-32-40-48-56-70(7)10-2)66-92-96(84,85)90-62-72(79)63-91-97(86,87)93-67-74(65-89-76(81)59-51-43-37-36-41-49-57-71(8)11-3)95-77(82)60-52-44-34-28-21-17-16-18-24-30-38-46-54-68(4)5/h68-74,79H,9-67H2,1-8H3,(H,84,85)(H,86,87)/t69?,70?,71?,72-,73-,74-/m1/s1. The summed E-state index contributed by atoms with van der Waals surface area (Å²) in [6.07, 6.45) is 52.6. The Kier molecular flexibility index (Phi) is 65.9. The van der Waals surface area contributed by atoms with Gasteiger partial charge < -0.3 is 33.8 Å². The lowest BCUT2D eigenvalue weighted by Crippen LogP contribution is -2.30. The first-order chi connectivity index (χ1) is 46.7. The van der Waals surface area contributed by atoms with Gasteiger partial charge in [0, 0.05) is 25.7 Å². The molecule has 0 aromatic carbocycles. The lowest BCUT2D eigenvalue weighted by molar-refractivity contribution is -0.161. The second-order valence-corrected chi connectivity index (χ2v) is 32.2. The van der Waals surface area contributed by atoms with E-state index in [4.69, 9.17) is 37.0 Å². The number of carbonyl (C=O) groups excluding carboxylic acids is 4. The third-order valence-corrected chi connectivity index (χ3v) is 21.1. The zero-order valence-corrected chi connectivity index (χ0v) is 65.5. The minimum Gasteiger partial charge on any atom is -0.462 e. The number of aliphatic hydroxyl groups is 1. The monoisotopic (exact) mass is 1420 g/mol. The highest BCUT2D eigenvalue weighted by atomic mass is 31.2. The molecule has 5 unspecified atom stereocenters. The van der Waals surface area contributed by atoms with Crippen molar-refractivity contribution in [1.29, 1.82) is 0 Å². The van der Waals surface area contributed by atoms with Gasteiger partial charge in [-0.2, -0.15) is 0 Å². The number of unbranched alkanes of at least 4 members (excludes halogenated alkanes) is 38. The van der Waals surface area contributed by atoms with Crippen molar-refractivity contribution >= 4 is 39.5 Å². The number of aliphatic hydroxyl groups excluding tert-OH is 1. The molecule has 0 saturated heterocycles. The van der Waals surface area contributed by atoms with Crippen LogP contribution in [0.25, 0.3) is 0 Å². The average Bonchev–Trinajstić information content (AvgIpc) is 1.38. The van der Waals surface area contributed by atoms with Crippen LogP contribution in [0.3, 0.4) is 0 Å². The van der Waals surface area contributed by atoms with E-state index in [9.17, 15) is 43.2 Å². The molecule has 0 saturated carbocycles. The topological polar surface area (TPSA) is 237 Å². The van der Waals surface area contributed by atoms with Crippen LogP contribution in [0.2, 0.25) is 0 Å². The van der Waals surface area contributed by atoms with Crippen LogP contribution < -0.4 is 0 Å². The van der Waals surface area contributed by atoms with Crippen LogP contribution in [0.1, 0.15) is 396 Å². The Labute approximate surface area is 594 Å². The lowest BCUT2D eigenvalue weighted by atomic mass is 9.99. The van der Waals surface area contributed by atoms with Gasteiger partial charge in [-0.05, 0) is 49.4 Å². The van der Waals surface area contributed by atoms with Crippen LogP contribution in [-0.4, -0.2) is 96.7 Å². The average molecular weight is 1420 g/mol. The van der Waals surface area contributed by atoms with E-state index >= 15 is 0 Å². The van der Waals surface area contributed by atoms with Crippen molar-refractivity contribution in [3.63, 3.8) is 0 Å². The van der Waals surface area contributed by atoms with Crippen molar-refractivity contribution < 1.29 is 80.2 Å². The van der Waals surface area contributed by atoms with Gasteiger partial charge in [0.2, 0.25) is 0 Å². The zero-order chi connectivity index (χ0) is 71.7. The summed E-state index contributed by atoms with van der Waals surface area (Å²) < 4.78 is 68.6. The van der Waals surface area contributed by atoms with Crippen LogP contribution in [0.4, 0.5) is 0 Å².